The maximum absolute atomic E-state index is 6.11. The Balaban J connectivity index is 0.00000243. The molecule has 136 valence electrons. The molecule has 0 spiro atoms. The maximum atomic E-state index is 6.11. The molecule has 0 aromatic heterocycles. The Kier molecular flexibility index (Phi) is 7.40. The van der Waals surface area contributed by atoms with E-state index in [9.17, 15) is 0 Å². The lowest BCUT2D eigenvalue weighted by molar-refractivity contribution is 0.568. The molecule has 3 rings (SSSR count). The Morgan fingerprint density at radius 1 is 0.577 bits per heavy atom. The first-order valence-corrected chi connectivity index (χ1v) is 9.18. The first kappa shape index (κ1) is 21.1. The summed E-state index contributed by atoms with van der Waals surface area (Å²) in [5, 5.41) is 2.12. The quantitative estimate of drug-likeness (QED) is 0.448. The molecule has 0 heterocycles. The van der Waals surface area contributed by atoms with E-state index in [0.29, 0.717) is 21.6 Å². The van der Waals surface area contributed by atoms with Gasteiger partial charge in [-0.1, -0.05) is 71.2 Å². The molecular weight excluding hydrogens is 408 g/mol. The summed E-state index contributed by atoms with van der Waals surface area (Å²) in [6, 6.07) is 23.8. The van der Waals surface area contributed by atoms with Crippen molar-refractivity contribution >= 4 is 47.2 Å². The van der Waals surface area contributed by atoms with Crippen molar-refractivity contribution in [3.05, 3.63) is 105 Å². The van der Waals surface area contributed by atoms with Crippen LogP contribution in [0.4, 0.5) is 0 Å². The van der Waals surface area contributed by atoms with Crippen LogP contribution in [0.2, 0.25) is 15.1 Å². The summed E-state index contributed by atoms with van der Waals surface area (Å²) in [7, 11) is 0. The minimum atomic E-state index is -0.394. The molecule has 0 amide bonds. The molecule has 3 aromatic carbocycles. The molecule has 0 aliphatic heterocycles. The summed E-state index contributed by atoms with van der Waals surface area (Å²) in [6.45, 7) is 0.536. The van der Waals surface area contributed by atoms with Gasteiger partial charge in [-0.05, 0) is 66.1 Å². The zero-order chi connectivity index (χ0) is 17.9. The summed E-state index contributed by atoms with van der Waals surface area (Å²) in [5.41, 5.74) is 9.04. The van der Waals surface area contributed by atoms with Gasteiger partial charge in [0.25, 0.3) is 0 Å². The molecule has 5 heteroatoms. The standard InChI is InChI=1S/C21H18Cl3N.ClH/c22-18-7-1-15(2-8-18)21(13-14-25,16-3-9-19(23)10-4-16)17-5-11-20(24)12-6-17;/h1-12H,13-14,25H2;1H. The molecule has 2 N–H and O–H groups in total. The number of nitrogens with two attached hydrogens (primary N) is 1. The SMILES string of the molecule is Cl.NCCC(c1ccc(Cl)cc1)(c1ccc(Cl)cc1)c1ccc(Cl)cc1. The van der Waals surface area contributed by atoms with Gasteiger partial charge in [0, 0.05) is 20.5 Å². The van der Waals surface area contributed by atoms with E-state index in [1.165, 1.54) is 0 Å². The van der Waals surface area contributed by atoms with Gasteiger partial charge in [-0.2, -0.15) is 0 Å². The second kappa shape index (κ2) is 9.12. The number of hydrogen-bond donors (Lipinski definition) is 1. The Morgan fingerprint density at radius 2 is 0.846 bits per heavy atom. The van der Waals surface area contributed by atoms with E-state index in [1.807, 2.05) is 36.4 Å². The zero-order valence-electron chi connectivity index (χ0n) is 14.0. The molecule has 0 radical (unpaired) electrons. The molecule has 0 atom stereocenters. The molecule has 0 fully saturated rings. The van der Waals surface area contributed by atoms with Crippen LogP contribution in [-0.4, -0.2) is 6.54 Å². The predicted octanol–water partition coefficient (Wildman–Crippen LogP) is 6.75. The van der Waals surface area contributed by atoms with Gasteiger partial charge in [-0.25, -0.2) is 0 Å². The van der Waals surface area contributed by atoms with Crippen LogP contribution < -0.4 is 5.73 Å². The summed E-state index contributed by atoms with van der Waals surface area (Å²) in [5.74, 6) is 0. The van der Waals surface area contributed by atoms with Gasteiger partial charge in [-0.3, -0.25) is 0 Å². The lowest BCUT2D eigenvalue weighted by Crippen LogP contribution is -2.32. The van der Waals surface area contributed by atoms with E-state index in [1.54, 1.807) is 0 Å². The lowest BCUT2D eigenvalue weighted by Gasteiger charge is -2.36. The highest BCUT2D eigenvalue weighted by Crippen LogP contribution is 2.42. The van der Waals surface area contributed by atoms with Crippen LogP contribution in [0.3, 0.4) is 0 Å². The number of hydrogen-bond acceptors (Lipinski definition) is 1. The minimum absolute atomic E-state index is 0. The van der Waals surface area contributed by atoms with E-state index < -0.39 is 5.41 Å². The molecular formula is C21H19Cl4N. The van der Waals surface area contributed by atoms with E-state index in [4.69, 9.17) is 40.5 Å². The van der Waals surface area contributed by atoms with E-state index in [0.717, 1.165) is 23.1 Å². The largest absolute Gasteiger partial charge is 0.330 e. The van der Waals surface area contributed by atoms with Gasteiger partial charge in [0.2, 0.25) is 0 Å². The van der Waals surface area contributed by atoms with Crippen LogP contribution in [0.1, 0.15) is 23.1 Å². The second-order valence-electron chi connectivity index (χ2n) is 5.96. The third-order valence-corrected chi connectivity index (χ3v) is 5.29. The average Bonchev–Trinajstić information content (AvgIpc) is 2.62. The Hall–Kier alpha value is -1.22. The average molecular weight is 427 g/mol. The van der Waals surface area contributed by atoms with Gasteiger partial charge in [0.05, 0.1) is 0 Å². The van der Waals surface area contributed by atoms with Gasteiger partial charge < -0.3 is 5.73 Å². The Labute approximate surface area is 175 Å². The van der Waals surface area contributed by atoms with E-state index in [2.05, 4.69) is 36.4 Å². The van der Waals surface area contributed by atoms with Crippen molar-refractivity contribution in [2.45, 2.75) is 11.8 Å². The van der Waals surface area contributed by atoms with Crippen LogP contribution in [0, 0.1) is 0 Å². The van der Waals surface area contributed by atoms with E-state index in [-0.39, 0.29) is 12.4 Å². The van der Waals surface area contributed by atoms with Crippen LogP contribution >= 0.6 is 47.2 Å². The van der Waals surface area contributed by atoms with Crippen LogP contribution in [0.15, 0.2) is 72.8 Å². The molecule has 3 aromatic rings. The molecule has 0 saturated carbocycles. The highest BCUT2D eigenvalue weighted by Gasteiger charge is 2.35. The van der Waals surface area contributed by atoms with Gasteiger partial charge in [0.15, 0.2) is 0 Å². The van der Waals surface area contributed by atoms with Crippen molar-refractivity contribution in [1.29, 1.82) is 0 Å². The molecule has 0 aliphatic carbocycles. The van der Waals surface area contributed by atoms with Crippen LogP contribution in [0.5, 0.6) is 0 Å². The third kappa shape index (κ3) is 4.19. The summed E-state index contributed by atoms with van der Waals surface area (Å²) in [6.07, 6.45) is 0.748. The molecule has 0 saturated heterocycles. The number of benzene rings is 3. The lowest BCUT2D eigenvalue weighted by atomic mass is 9.67. The highest BCUT2D eigenvalue weighted by atomic mass is 35.5. The first-order valence-electron chi connectivity index (χ1n) is 8.04. The molecule has 1 nitrogen and oxygen atoms in total. The fraction of sp³-hybridized carbons (Fsp3) is 0.143. The monoisotopic (exact) mass is 425 g/mol. The fourth-order valence-electron chi connectivity index (χ4n) is 3.35. The highest BCUT2D eigenvalue weighted by molar-refractivity contribution is 6.31. The summed E-state index contributed by atoms with van der Waals surface area (Å²) in [4.78, 5) is 0. The van der Waals surface area contributed by atoms with E-state index >= 15 is 0 Å². The molecule has 0 unspecified atom stereocenters. The predicted molar refractivity (Wildman–Crippen MR) is 115 cm³/mol. The fourth-order valence-corrected chi connectivity index (χ4v) is 3.73. The molecule has 0 aliphatic rings. The Bertz CT molecular complexity index is 716. The Morgan fingerprint density at radius 3 is 1.08 bits per heavy atom. The summed E-state index contributed by atoms with van der Waals surface area (Å²) < 4.78 is 0. The van der Waals surface area contributed by atoms with Crippen molar-refractivity contribution in [3.8, 4) is 0 Å². The minimum Gasteiger partial charge on any atom is -0.330 e. The van der Waals surface area contributed by atoms with Crippen LogP contribution in [-0.2, 0) is 5.41 Å². The van der Waals surface area contributed by atoms with Gasteiger partial charge >= 0.3 is 0 Å². The normalized spacial score (nSPS) is 11.1. The third-order valence-electron chi connectivity index (χ3n) is 4.53. The molecule has 0 bridgehead atoms. The van der Waals surface area contributed by atoms with Crippen molar-refractivity contribution in [2.75, 3.05) is 6.54 Å². The first-order chi connectivity index (χ1) is 12.1. The van der Waals surface area contributed by atoms with Crippen molar-refractivity contribution in [3.63, 3.8) is 0 Å². The van der Waals surface area contributed by atoms with Crippen molar-refractivity contribution in [1.82, 2.24) is 0 Å². The molecule has 26 heavy (non-hydrogen) atoms. The van der Waals surface area contributed by atoms with Gasteiger partial charge in [-0.15, -0.1) is 12.4 Å². The zero-order valence-corrected chi connectivity index (χ0v) is 17.0. The van der Waals surface area contributed by atoms with Crippen LogP contribution in [0.25, 0.3) is 0 Å². The number of rotatable bonds is 5. The summed E-state index contributed by atoms with van der Waals surface area (Å²) >= 11 is 18.3. The maximum Gasteiger partial charge on any atom is 0.0463 e. The smallest absolute Gasteiger partial charge is 0.0463 e. The van der Waals surface area contributed by atoms with Gasteiger partial charge in [0.1, 0.15) is 0 Å². The van der Waals surface area contributed by atoms with Crippen molar-refractivity contribution < 1.29 is 0 Å². The number of halogens is 4. The topological polar surface area (TPSA) is 26.0 Å². The second-order valence-corrected chi connectivity index (χ2v) is 7.27. The van der Waals surface area contributed by atoms with Crippen molar-refractivity contribution in [2.24, 2.45) is 5.73 Å².